The van der Waals surface area contributed by atoms with Crippen molar-refractivity contribution in [2.45, 2.75) is 13.0 Å². The highest BCUT2D eigenvalue weighted by atomic mass is 32.1. The second-order valence-corrected chi connectivity index (χ2v) is 7.73. The molecule has 0 spiro atoms. The maximum atomic E-state index is 12.8. The molecule has 7 nitrogen and oxygen atoms in total. The Bertz CT molecular complexity index is 982. The van der Waals surface area contributed by atoms with Gasteiger partial charge in [-0.15, -0.1) is 11.3 Å². The molecule has 146 valence electrons. The SMILES string of the molecule is CCN1C[C@H](CN(C)C(=O)c2csc(-c3cnn(C)c3)n2)Oc2ccccc21. The van der Waals surface area contributed by atoms with Gasteiger partial charge in [0.1, 0.15) is 22.6 Å². The average molecular weight is 398 g/mol. The van der Waals surface area contributed by atoms with E-state index >= 15 is 0 Å². The summed E-state index contributed by atoms with van der Waals surface area (Å²) in [5.41, 5.74) is 2.48. The molecule has 0 aliphatic carbocycles. The second-order valence-electron chi connectivity index (χ2n) is 6.87. The number of aromatic nitrogens is 3. The molecule has 1 atom stereocenters. The molecular weight excluding hydrogens is 374 g/mol. The van der Waals surface area contributed by atoms with Crippen molar-refractivity contribution in [3.8, 4) is 16.3 Å². The van der Waals surface area contributed by atoms with Crippen LogP contribution >= 0.6 is 11.3 Å². The number of aryl methyl sites for hydroxylation is 1. The van der Waals surface area contributed by atoms with Gasteiger partial charge < -0.3 is 14.5 Å². The molecule has 1 amide bonds. The van der Waals surface area contributed by atoms with Gasteiger partial charge in [0.2, 0.25) is 0 Å². The van der Waals surface area contributed by atoms with Crippen molar-refractivity contribution in [3.05, 3.63) is 47.7 Å². The minimum atomic E-state index is -0.100. The van der Waals surface area contributed by atoms with Crippen LogP contribution in [-0.4, -0.2) is 58.4 Å². The fourth-order valence-electron chi connectivity index (χ4n) is 3.39. The molecule has 0 bridgehead atoms. The summed E-state index contributed by atoms with van der Waals surface area (Å²) in [6, 6.07) is 8.04. The lowest BCUT2D eigenvalue weighted by Gasteiger charge is -2.37. The summed E-state index contributed by atoms with van der Waals surface area (Å²) in [5, 5.41) is 6.76. The summed E-state index contributed by atoms with van der Waals surface area (Å²) in [7, 11) is 3.66. The molecule has 0 fully saturated rings. The predicted molar refractivity (Wildman–Crippen MR) is 110 cm³/mol. The number of amides is 1. The molecule has 2 aromatic heterocycles. The molecular formula is C20H23N5O2S. The van der Waals surface area contributed by atoms with Crippen LogP contribution in [0.25, 0.3) is 10.6 Å². The number of thiazole rings is 1. The van der Waals surface area contributed by atoms with E-state index in [-0.39, 0.29) is 12.0 Å². The first kappa shape index (κ1) is 18.5. The maximum absolute atomic E-state index is 12.8. The molecule has 0 unspecified atom stereocenters. The van der Waals surface area contributed by atoms with Gasteiger partial charge in [0.15, 0.2) is 0 Å². The van der Waals surface area contributed by atoms with Gasteiger partial charge in [0.05, 0.1) is 25.0 Å². The van der Waals surface area contributed by atoms with Gasteiger partial charge in [-0.1, -0.05) is 12.1 Å². The van der Waals surface area contributed by atoms with E-state index in [9.17, 15) is 4.79 Å². The molecule has 3 heterocycles. The smallest absolute Gasteiger partial charge is 0.273 e. The third-order valence-corrected chi connectivity index (χ3v) is 5.70. The fourth-order valence-corrected chi connectivity index (χ4v) is 4.16. The Hall–Kier alpha value is -2.87. The molecule has 0 saturated heterocycles. The first-order chi connectivity index (χ1) is 13.5. The summed E-state index contributed by atoms with van der Waals surface area (Å²) in [6.45, 7) is 4.28. The zero-order chi connectivity index (χ0) is 19.7. The second kappa shape index (κ2) is 7.63. The minimum Gasteiger partial charge on any atom is -0.485 e. The molecule has 4 rings (SSSR count). The van der Waals surface area contributed by atoms with Crippen LogP contribution in [0.3, 0.4) is 0 Å². The van der Waals surface area contributed by atoms with Crippen LogP contribution in [0, 0.1) is 0 Å². The molecule has 1 aliphatic heterocycles. The van der Waals surface area contributed by atoms with Gasteiger partial charge >= 0.3 is 0 Å². The number of ether oxygens (including phenoxy) is 1. The number of carbonyl (C=O) groups is 1. The number of anilines is 1. The number of rotatable bonds is 5. The molecule has 0 N–H and O–H groups in total. The van der Waals surface area contributed by atoms with Crippen molar-refractivity contribution in [3.63, 3.8) is 0 Å². The zero-order valence-corrected chi connectivity index (χ0v) is 17.0. The number of likely N-dealkylation sites (N-methyl/N-ethyl adjacent to an activating group) is 2. The zero-order valence-electron chi connectivity index (χ0n) is 16.2. The fraction of sp³-hybridized carbons (Fsp3) is 0.350. The largest absolute Gasteiger partial charge is 0.485 e. The summed E-state index contributed by atoms with van der Waals surface area (Å²) in [6.07, 6.45) is 3.56. The van der Waals surface area contributed by atoms with E-state index < -0.39 is 0 Å². The highest BCUT2D eigenvalue weighted by Crippen LogP contribution is 2.33. The van der Waals surface area contributed by atoms with E-state index in [2.05, 4.69) is 28.0 Å². The number of para-hydroxylation sites is 2. The topological polar surface area (TPSA) is 63.5 Å². The monoisotopic (exact) mass is 397 g/mol. The normalized spacial score (nSPS) is 15.8. The summed E-state index contributed by atoms with van der Waals surface area (Å²) in [4.78, 5) is 21.3. The van der Waals surface area contributed by atoms with Crippen LogP contribution in [0.5, 0.6) is 5.75 Å². The first-order valence-electron chi connectivity index (χ1n) is 9.25. The number of nitrogens with zero attached hydrogens (tertiary/aromatic N) is 5. The van der Waals surface area contributed by atoms with E-state index in [0.717, 1.165) is 35.1 Å². The summed E-state index contributed by atoms with van der Waals surface area (Å²) < 4.78 is 7.86. The quantitative estimate of drug-likeness (QED) is 0.662. The molecule has 1 aromatic carbocycles. The van der Waals surface area contributed by atoms with Crippen molar-refractivity contribution in [1.82, 2.24) is 19.7 Å². The predicted octanol–water partition coefficient (Wildman–Crippen LogP) is 2.90. The lowest BCUT2D eigenvalue weighted by molar-refractivity contribution is 0.0705. The first-order valence-corrected chi connectivity index (χ1v) is 10.1. The Labute approximate surface area is 168 Å². The number of hydrogen-bond donors (Lipinski definition) is 0. The highest BCUT2D eigenvalue weighted by Gasteiger charge is 2.27. The van der Waals surface area contributed by atoms with Gasteiger partial charge in [-0.05, 0) is 19.1 Å². The Morgan fingerprint density at radius 2 is 2.21 bits per heavy atom. The van der Waals surface area contributed by atoms with Gasteiger partial charge in [-0.3, -0.25) is 9.48 Å². The molecule has 28 heavy (non-hydrogen) atoms. The van der Waals surface area contributed by atoms with Crippen molar-refractivity contribution < 1.29 is 9.53 Å². The van der Waals surface area contributed by atoms with Gasteiger partial charge in [-0.25, -0.2) is 4.98 Å². The van der Waals surface area contributed by atoms with Crippen LogP contribution in [0.15, 0.2) is 42.0 Å². The Morgan fingerprint density at radius 3 is 2.96 bits per heavy atom. The van der Waals surface area contributed by atoms with Crippen LogP contribution in [0.2, 0.25) is 0 Å². The van der Waals surface area contributed by atoms with Crippen LogP contribution in [-0.2, 0) is 7.05 Å². The molecule has 3 aromatic rings. The van der Waals surface area contributed by atoms with E-state index in [1.54, 1.807) is 28.2 Å². The van der Waals surface area contributed by atoms with Gasteiger partial charge in [0.25, 0.3) is 5.91 Å². The summed E-state index contributed by atoms with van der Waals surface area (Å²) >= 11 is 1.45. The van der Waals surface area contributed by atoms with E-state index in [4.69, 9.17) is 4.74 Å². The Balaban J connectivity index is 1.44. The number of hydrogen-bond acceptors (Lipinski definition) is 6. The van der Waals surface area contributed by atoms with Gasteiger partial charge in [-0.2, -0.15) is 5.10 Å². The highest BCUT2D eigenvalue weighted by molar-refractivity contribution is 7.13. The number of fused-ring (bicyclic) bond motifs is 1. The van der Waals surface area contributed by atoms with E-state index in [1.165, 1.54) is 11.3 Å². The molecule has 1 aliphatic rings. The van der Waals surface area contributed by atoms with Crippen molar-refractivity contribution in [2.24, 2.45) is 7.05 Å². The molecule has 8 heteroatoms. The third kappa shape index (κ3) is 3.60. The lowest BCUT2D eigenvalue weighted by atomic mass is 10.2. The van der Waals surface area contributed by atoms with Crippen molar-refractivity contribution in [1.29, 1.82) is 0 Å². The maximum Gasteiger partial charge on any atom is 0.273 e. The summed E-state index contributed by atoms with van der Waals surface area (Å²) in [5.74, 6) is 0.769. The van der Waals surface area contributed by atoms with Crippen molar-refractivity contribution in [2.75, 3.05) is 31.6 Å². The Kier molecular flexibility index (Phi) is 5.04. The minimum absolute atomic E-state index is 0.0831. The average Bonchev–Trinajstić information content (AvgIpc) is 3.35. The molecule has 0 saturated carbocycles. The van der Waals surface area contributed by atoms with E-state index in [0.29, 0.717) is 12.2 Å². The lowest BCUT2D eigenvalue weighted by Crippen LogP contribution is -2.46. The third-order valence-electron chi connectivity index (χ3n) is 4.80. The molecule has 0 radical (unpaired) electrons. The Morgan fingerprint density at radius 1 is 1.39 bits per heavy atom. The number of carbonyl (C=O) groups excluding carboxylic acids is 1. The van der Waals surface area contributed by atoms with E-state index in [1.807, 2.05) is 31.4 Å². The van der Waals surface area contributed by atoms with Crippen molar-refractivity contribution >= 4 is 22.9 Å². The number of benzene rings is 1. The van der Waals surface area contributed by atoms with Gasteiger partial charge in [0, 0.05) is 37.8 Å². The standard InChI is InChI=1S/C20H23N5O2S/c1-4-25-12-15(27-18-8-6-5-7-17(18)25)11-23(2)20(26)16-13-28-19(22-16)14-9-21-24(3)10-14/h5-10,13,15H,4,11-12H2,1-3H3/t15-/m0/s1. The van der Waals surface area contributed by atoms with Crippen LogP contribution in [0.1, 0.15) is 17.4 Å². The van der Waals surface area contributed by atoms with Crippen LogP contribution in [0.4, 0.5) is 5.69 Å². The van der Waals surface area contributed by atoms with Crippen LogP contribution < -0.4 is 9.64 Å².